The molecule has 1 aromatic heterocycles. The summed E-state index contributed by atoms with van der Waals surface area (Å²) in [7, 11) is -3.99. The van der Waals surface area contributed by atoms with Crippen LogP contribution in [-0.4, -0.2) is 67.3 Å². The standard InChI is InChI=1S/C36H37F4N5O7S/c1-4-51-24-9-11-28(37)26(18-24)32(44-22-7-10-25-21(16-22)13-14-42-33(25)41)34(47)45-15-5-6-29(45)27-17-23(8-12-30(27)53(49,50)20(2)3)43-31(46)19-52-35(48)36(38,39)40/h7-14,16-18,20,29,32,44H,4-6,15,19H2,1-3H3,(H2,41,42)(H,43,46). The highest BCUT2D eigenvalue weighted by atomic mass is 32.2. The second kappa shape index (κ2) is 15.7. The number of hydrogen-bond acceptors (Lipinski definition) is 10. The van der Waals surface area contributed by atoms with Gasteiger partial charge in [0.15, 0.2) is 16.4 Å². The van der Waals surface area contributed by atoms with Crippen LogP contribution in [0, 0.1) is 5.82 Å². The first-order valence-electron chi connectivity index (χ1n) is 16.6. The normalized spacial score (nSPS) is 15.3. The number of alkyl halides is 3. The zero-order valence-corrected chi connectivity index (χ0v) is 29.7. The predicted octanol–water partition coefficient (Wildman–Crippen LogP) is 6.10. The molecule has 2 amide bonds. The Morgan fingerprint density at radius 1 is 1.04 bits per heavy atom. The quantitative estimate of drug-likeness (QED) is 0.113. The molecule has 0 saturated carbocycles. The van der Waals surface area contributed by atoms with Gasteiger partial charge in [0, 0.05) is 35.1 Å². The lowest BCUT2D eigenvalue weighted by atomic mass is 10.00. The van der Waals surface area contributed by atoms with Gasteiger partial charge >= 0.3 is 12.1 Å². The van der Waals surface area contributed by atoms with Crippen LogP contribution in [0.15, 0.2) is 71.8 Å². The molecule has 4 N–H and O–H groups in total. The van der Waals surface area contributed by atoms with Gasteiger partial charge in [0.25, 0.3) is 5.91 Å². The van der Waals surface area contributed by atoms with Gasteiger partial charge in [-0.3, -0.25) is 9.59 Å². The number of anilines is 3. The summed E-state index contributed by atoms with van der Waals surface area (Å²) < 4.78 is 90.3. The van der Waals surface area contributed by atoms with Crippen molar-refractivity contribution in [3.8, 4) is 5.75 Å². The lowest BCUT2D eigenvalue weighted by Gasteiger charge is -2.32. The SMILES string of the molecule is CCOc1ccc(F)c(C(Nc2ccc3c(N)nccc3c2)C(=O)N2CCCC2c2cc(NC(=O)COC(=O)C(F)(F)F)ccc2S(=O)(=O)C(C)C)c1. The second-order valence-corrected chi connectivity index (χ2v) is 15.0. The van der Waals surface area contributed by atoms with Crippen LogP contribution < -0.4 is 21.1 Å². The van der Waals surface area contributed by atoms with Gasteiger partial charge in [-0.15, -0.1) is 0 Å². The van der Waals surface area contributed by atoms with E-state index in [1.54, 1.807) is 31.2 Å². The number of likely N-dealkylation sites (tertiary alicyclic amines) is 1. The lowest BCUT2D eigenvalue weighted by molar-refractivity contribution is -0.199. The van der Waals surface area contributed by atoms with E-state index in [0.717, 1.165) is 0 Å². The minimum Gasteiger partial charge on any atom is -0.494 e. The number of fused-ring (bicyclic) bond motifs is 1. The van der Waals surface area contributed by atoms with Crippen molar-refractivity contribution < 1.29 is 49.8 Å². The molecule has 5 rings (SSSR count). The summed E-state index contributed by atoms with van der Waals surface area (Å²) in [6.07, 6.45) is -3.07. The number of pyridine rings is 1. The number of sulfone groups is 1. The molecule has 2 heterocycles. The molecule has 0 bridgehead atoms. The maximum atomic E-state index is 15.7. The Hall–Kier alpha value is -5.45. The van der Waals surface area contributed by atoms with Crippen molar-refractivity contribution in [2.45, 2.75) is 62.0 Å². The van der Waals surface area contributed by atoms with Crippen LogP contribution in [0.3, 0.4) is 0 Å². The van der Waals surface area contributed by atoms with Crippen LogP contribution >= 0.6 is 0 Å². The minimum absolute atomic E-state index is 0.0230. The van der Waals surface area contributed by atoms with E-state index in [-0.39, 0.29) is 41.3 Å². The molecule has 1 aliphatic rings. The second-order valence-electron chi connectivity index (χ2n) is 12.5. The Kier molecular flexibility index (Phi) is 11.5. The molecule has 0 spiro atoms. The number of esters is 1. The zero-order valence-electron chi connectivity index (χ0n) is 28.9. The molecule has 0 aliphatic carbocycles. The number of nitrogens with zero attached hydrogens (tertiary/aromatic N) is 2. The fourth-order valence-corrected chi connectivity index (χ4v) is 7.35. The van der Waals surface area contributed by atoms with Crippen molar-refractivity contribution in [1.29, 1.82) is 0 Å². The van der Waals surface area contributed by atoms with Crippen LogP contribution in [0.4, 0.5) is 34.8 Å². The summed E-state index contributed by atoms with van der Waals surface area (Å²) in [5.74, 6) is -4.37. The maximum Gasteiger partial charge on any atom is 0.490 e. The topological polar surface area (TPSA) is 170 Å². The van der Waals surface area contributed by atoms with Crippen molar-refractivity contribution in [3.63, 3.8) is 0 Å². The summed E-state index contributed by atoms with van der Waals surface area (Å²) in [6.45, 7) is 3.87. The highest BCUT2D eigenvalue weighted by Crippen LogP contribution is 2.41. The van der Waals surface area contributed by atoms with Gasteiger partial charge in [0.2, 0.25) is 5.91 Å². The number of benzene rings is 3. The molecule has 53 heavy (non-hydrogen) atoms. The third-order valence-corrected chi connectivity index (χ3v) is 10.9. The van der Waals surface area contributed by atoms with Crippen LogP contribution in [0.2, 0.25) is 0 Å². The van der Waals surface area contributed by atoms with Crippen molar-refractivity contribution >= 4 is 55.6 Å². The van der Waals surface area contributed by atoms with Gasteiger partial charge in [-0.05, 0) is 105 Å². The van der Waals surface area contributed by atoms with Crippen LogP contribution in [0.5, 0.6) is 5.75 Å². The molecule has 1 saturated heterocycles. The molecule has 12 nitrogen and oxygen atoms in total. The molecule has 1 fully saturated rings. The number of carbonyl (C=O) groups excluding carboxylic acids is 3. The van der Waals surface area contributed by atoms with Gasteiger partial charge < -0.3 is 30.7 Å². The van der Waals surface area contributed by atoms with Crippen LogP contribution in [0.25, 0.3) is 10.8 Å². The number of halogens is 4. The molecule has 17 heteroatoms. The Bertz CT molecular complexity index is 2150. The first-order valence-corrected chi connectivity index (χ1v) is 18.1. The first-order chi connectivity index (χ1) is 25.0. The number of amides is 2. The maximum absolute atomic E-state index is 15.7. The summed E-state index contributed by atoms with van der Waals surface area (Å²) in [6, 6.07) is 12.4. The summed E-state index contributed by atoms with van der Waals surface area (Å²) >= 11 is 0. The Morgan fingerprint density at radius 3 is 2.47 bits per heavy atom. The number of nitrogens with two attached hydrogens (primary N) is 1. The fraction of sp³-hybridized carbons (Fsp3) is 0.333. The van der Waals surface area contributed by atoms with Gasteiger partial charge in [-0.1, -0.05) is 0 Å². The Morgan fingerprint density at radius 2 is 1.77 bits per heavy atom. The third-order valence-electron chi connectivity index (χ3n) is 8.62. The number of ether oxygens (including phenoxy) is 2. The van der Waals surface area contributed by atoms with E-state index < -0.39 is 63.6 Å². The summed E-state index contributed by atoms with van der Waals surface area (Å²) in [4.78, 5) is 43.7. The van der Waals surface area contributed by atoms with Crippen molar-refractivity contribution in [1.82, 2.24) is 9.88 Å². The van der Waals surface area contributed by atoms with E-state index in [9.17, 15) is 36.0 Å². The van der Waals surface area contributed by atoms with Gasteiger partial charge in [-0.2, -0.15) is 13.2 Å². The molecule has 3 aromatic carbocycles. The van der Waals surface area contributed by atoms with E-state index in [0.29, 0.717) is 34.4 Å². The molecular formula is C36H37F4N5O7S. The average molecular weight is 760 g/mol. The highest BCUT2D eigenvalue weighted by molar-refractivity contribution is 7.92. The fourth-order valence-electron chi connectivity index (χ4n) is 6.06. The van der Waals surface area contributed by atoms with Gasteiger partial charge in [0.1, 0.15) is 23.4 Å². The van der Waals surface area contributed by atoms with Crippen molar-refractivity contribution in [2.24, 2.45) is 0 Å². The van der Waals surface area contributed by atoms with E-state index in [1.165, 1.54) is 61.3 Å². The van der Waals surface area contributed by atoms with E-state index in [4.69, 9.17) is 10.5 Å². The molecule has 282 valence electrons. The Labute approximate surface area is 302 Å². The van der Waals surface area contributed by atoms with Crippen LogP contribution in [-0.2, 0) is 29.0 Å². The predicted molar refractivity (Wildman–Crippen MR) is 188 cm³/mol. The van der Waals surface area contributed by atoms with E-state index in [1.807, 2.05) is 0 Å². The number of rotatable bonds is 12. The number of aromatic nitrogens is 1. The largest absolute Gasteiger partial charge is 0.494 e. The Balaban J connectivity index is 1.55. The monoisotopic (exact) mass is 759 g/mol. The molecular weight excluding hydrogens is 722 g/mol. The summed E-state index contributed by atoms with van der Waals surface area (Å²) in [5, 5.41) is 5.94. The van der Waals surface area contributed by atoms with Crippen LogP contribution in [0.1, 0.15) is 56.8 Å². The molecule has 2 unspecified atom stereocenters. The molecule has 4 aromatic rings. The minimum atomic E-state index is -5.31. The number of carbonyl (C=O) groups is 3. The average Bonchev–Trinajstić information content (AvgIpc) is 3.60. The van der Waals surface area contributed by atoms with Crippen molar-refractivity contribution in [2.75, 3.05) is 36.1 Å². The van der Waals surface area contributed by atoms with E-state index >= 15 is 4.39 Å². The zero-order chi connectivity index (χ0) is 38.7. The first kappa shape index (κ1) is 38.8. The third kappa shape index (κ3) is 8.62. The number of hydrogen-bond donors (Lipinski definition) is 3. The molecule has 0 radical (unpaired) electrons. The number of nitrogens with one attached hydrogen (secondary N) is 2. The summed E-state index contributed by atoms with van der Waals surface area (Å²) in [5.41, 5.74) is 6.54. The molecule has 2 atom stereocenters. The smallest absolute Gasteiger partial charge is 0.490 e. The number of nitrogen functional groups attached to an aromatic ring is 1. The van der Waals surface area contributed by atoms with E-state index in [2.05, 4.69) is 20.4 Å². The highest BCUT2D eigenvalue weighted by Gasteiger charge is 2.42. The lowest BCUT2D eigenvalue weighted by Crippen LogP contribution is -2.38. The van der Waals surface area contributed by atoms with Gasteiger partial charge in [0.05, 0.1) is 22.8 Å². The van der Waals surface area contributed by atoms with Crippen molar-refractivity contribution in [3.05, 3.63) is 83.8 Å². The molecule has 1 aliphatic heterocycles. The van der Waals surface area contributed by atoms with Gasteiger partial charge in [-0.25, -0.2) is 22.6 Å².